The first-order chi connectivity index (χ1) is 12.6. The molecule has 2 aromatic carbocycles. The molecule has 0 spiro atoms. The maximum absolute atomic E-state index is 6.41. The van der Waals surface area contributed by atoms with Gasteiger partial charge in [-0.1, -0.05) is 35.9 Å². The summed E-state index contributed by atoms with van der Waals surface area (Å²) in [5, 5.41) is 0.732. The van der Waals surface area contributed by atoms with E-state index in [1.807, 2.05) is 42.5 Å². The molecule has 4 rings (SSSR count). The lowest BCUT2D eigenvalue weighted by atomic mass is 10.0. The highest BCUT2D eigenvalue weighted by atomic mass is 35.5. The van der Waals surface area contributed by atoms with Crippen LogP contribution in [-0.4, -0.2) is 32.1 Å². The van der Waals surface area contributed by atoms with Crippen molar-refractivity contribution in [3.8, 4) is 5.75 Å². The smallest absolute Gasteiger partial charge is 0.162 e. The van der Waals surface area contributed by atoms with Crippen molar-refractivity contribution in [2.75, 3.05) is 27.2 Å². The summed E-state index contributed by atoms with van der Waals surface area (Å²) in [7, 11) is 4.13. The molecule has 1 atom stereocenters. The van der Waals surface area contributed by atoms with Gasteiger partial charge in [0.1, 0.15) is 5.75 Å². The standard InChI is InChI=1S/C21H23ClN2O2/c1-24(2)12-5-13-25-23-20-17-6-3-4-7-19(17)26-21(14-18(20)21)15-8-10-16(22)11-9-15/h3-4,6-11,23H,5,12-14H2,1-2H3. The van der Waals surface area contributed by atoms with Crippen LogP contribution in [0.1, 0.15) is 24.0 Å². The lowest BCUT2D eigenvalue weighted by Crippen LogP contribution is -2.25. The average molecular weight is 371 g/mol. The van der Waals surface area contributed by atoms with Gasteiger partial charge in [-0.3, -0.25) is 10.3 Å². The van der Waals surface area contributed by atoms with Crippen LogP contribution in [0.15, 0.2) is 54.1 Å². The number of hydrogen-bond donors (Lipinski definition) is 1. The van der Waals surface area contributed by atoms with Crippen molar-refractivity contribution >= 4 is 17.3 Å². The minimum absolute atomic E-state index is 0.395. The van der Waals surface area contributed by atoms with Crippen LogP contribution in [0.5, 0.6) is 5.75 Å². The van der Waals surface area contributed by atoms with E-state index in [4.69, 9.17) is 21.2 Å². The molecule has 1 aliphatic heterocycles. The molecule has 1 aliphatic carbocycles. The normalized spacial score (nSPS) is 20.5. The number of hydroxylamine groups is 1. The molecule has 1 saturated carbocycles. The summed E-state index contributed by atoms with van der Waals surface area (Å²) in [5.74, 6) is 0.878. The van der Waals surface area contributed by atoms with Crippen LogP contribution in [-0.2, 0) is 10.4 Å². The SMILES string of the molecule is CN(C)CCCONC1=C2CC2(c2ccc(Cl)cc2)Oc2ccccc21. The number of fused-ring (bicyclic) bond motifs is 2. The Labute approximate surface area is 159 Å². The highest BCUT2D eigenvalue weighted by Crippen LogP contribution is 2.61. The maximum atomic E-state index is 6.41. The Morgan fingerprint density at radius 3 is 2.69 bits per heavy atom. The number of hydrogen-bond acceptors (Lipinski definition) is 4. The minimum Gasteiger partial charge on any atom is -0.477 e. The first-order valence-electron chi connectivity index (χ1n) is 8.91. The van der Waals surface area contributed by atoms with E-state index in [1.165, 1.54) is 5.57 Å². The monoisotopic (exact) mass is 370 g/mol. The average Bonchev–Trinajstić information content (AvgIpc) is 3.36. The number of nitrogens with one attached hydrogen (secondary N) is 1. The Balaban J connectivity index is 1.58. The van der Waals surface area contributed by atoms with Crippen LogP contribution >= 0.6 is 11.6 Å². The molecule has 4 nitrogen and oxygen atoms in total. The third-order valence-electron chi connectivity index (χ3n) is 4.87. The molecule has 1 fully saturated rings. The van der Waals surface area contributed by atoms with Crippen molar-refractivity contribution in [2.24, 2.45) is 0 Å². The Morgan fingerprint density at radius 2 is 1.92 bits per heavy atom. The lowest BCUT2D eigenvalue weighted by molar-refractivity contribution is 0.0708. The zero-order valence-corrected chi connectivity index (χ0v) is 15.8. The molecule has 1 unspecified atom stereocenters. The van der Waals surface area contributed by atoms with Gasteiger partial charge in [0.15, 0.2) is 5.60 Å². The molecule has 1 N–H and O–H groups in total. The first-order valence-corrected chi connectivity index (χ1v) is 9.28. The van der Waals surface area contributed by atoms with Gasteiger partial charge >= 0.3 is 0 Å². The van der Waals surface area contributed by atoms with Crippen LogP contribution in [0.2, 0.25) is 5.02 Å². The molecule has 2 aromatic rings. The van der Waals surface area contributed by atoms with E-state index in [-0.39, 0.29) is 0 Å². The number of halogens is 1. The summed E-state index contributed by atoms with van der Waals surface area (Å²) in [6.07, 6.45) is 1.83. The summed E-state index contributed by atoms with van der Waals surface area (Å²) in [4.78, 5) is 7.92. The minimum atomic E-state index is -0.395. The van der Waals surface area contributed by atoms with Gasteiger partial charge in [0.25, 0.3) is 0 Å². The predicted octanol–water partition coefficient (Wildman–Crippen LogP) is 4.22. The quantitative estimate of drug-likeness (QED) is 0.584. The summed E-state index contributed by atoms with van der Waals surface area (Å²) in [5.41, 5.74) is 7.25. The molecule has 0 saturated heterocycles. The van der Waals surface area contributed by atoms with E-state index in [2.05, 4.69) is 30.5 Å². The first kappa shape index (κ1) is 17.4. The van der Waals surface area contributed by atoms with Crippen molar-refractivity contribution in [3.63, 3.8) is 0 Å². The zero-order chi connectivity index (χ0) is 18.1. The highest BCUT2D eigenvalue weighted by Gasteiger charge is 2.58. The van der Waals surface area contributed by atoms with Crippen LogP contribution in [0.3, 0.4) is 0 Å². The molecular formula is C21H23ClN2O2. The topological polar surface area (TPSA) is 33.7 Å². The zero-order valence-electron chi connectivity index (χ0n) is 15.1. The van der Waals surface area contributed by atoms with Gasteiger partial charge in [-0.15, -0.1) is 0 Å². The van der Waals surface area contributed by atoms with Gasteiger partial charge in [-0.25, -0.2) is 0 Å². The molecule has 2 aliphatic rings. The Morgan fingerprint density at radius 1 is 1.15 bits per heavy atom. The van der Waals surface area contributed by atoms with E-state index < -0.39 is 5.60 Å². The van der Waals surface area contributed by atoms with E-state index in [0.29, 0.717) is 6.61 Å². The molecule has 0 radical (unpaired) electrons. The van der Waals surface area contributed by atoms with Crippen molar-refractivity contribution in [2.45, 2.75) is 18.4 Å². The third-order valence-corrected chi connectivity index (χ3v) is 5.12. The predicted molar refractivity (Wildman–Crippen MR) is 104 cm³/mol. The number of rotatable bonds is 7. The summed E-state index contributed by atoms with van der Waals surface area (Å²) in [6.45, 7) is 1.66. The second-order valence-corrected chi connectivity index (χ2v) is 7.51. The Hall–Kier alpha value is -2.01. The fourth-order valence-corrected chi connectivity index (χ4v) is 3.58. The van der Waals surface area contributed by atoms with Crippen molar-refractivity contribution in [3.05, 3.63) is 70.3 Å². The summed E-state index contributed by atoms with van der Waals surface area (Å²) in [6, 6.07) is 16.0. The highest BCUT2D eigenvalue weighted by molar-refractivity contribution is 6.30. The van der Waals surface area contributed by atoms with Crippen molar-refractivity contribution in [1.29, 1.82) is 0 Å². The number of ether oxygens (including phenoxy) is 1. The number of benzene rings is 2. The summed E-state index contributed by atoms with van der Waals surface area (Å²) < 4.78 is 6.41. The van der Waals surface area contributed by atoms with Crippen molar-refractivity contribution in [1.82, 2.24) is 10.4 Å². The van der Waals surface area contributed by atoms with Crippen LogP contribution < -0.4 is 10.2 Å². The van der Waals surface area contributed by atoms with Gasteiger partial charge in [0, 0.05) is 28.1 Å². The largest absolute Gasteiger partial charge is 0.477 e. The second-order valence-electron chi connectivity index (χ2n) is 7.07. The van der Waals surface area contributed by atoms with Gasteiger partial charge in [0.05, 0.1) is 12.3 Å². The van der Waals surface area contributed by atoms with Crippen LogP contribution in [0.25, 0.3) is 5.70 Å². The summed E-state index contributed by atoms with van der Waals surface area (Å²) >= 11 is 6.05. The molecular weight excluding hydrogens is 348 g/mol. The van der Waals surface area contributed by atoms with E-state index >= 15 is 0 Å². The van der Waals surface area contributed by atoms with Gasteiger partial charge in [-0.2, -0.15) is 0 Å². The fraction of sp³-hybridized carbons (Fsp3) is 0.333. The molecule has 0 aromatic heterocycles. The van der Waals surface area contributed by atoms with Crippen LogP contribution in [0, 0.1) is 0 Å². The molecule has 0 amide bonds. The number of nitrogens with zero attached hydrogens (tertiary/aromatic N) is 1. The molecule has 136 valence electrons. The van der Waals surface area contributed by atoms with Crippen molar-refractivity contribution < 1.29 is 9.57 Å². The second kappa shape index (κ2) is 6.95. The Kier molecular flexibility index (Phi) is 4.65. The van der Waals surface area contributed by atoms with E-state index in [0.717, 1.165) is 47.0 Å². The van der Waals surface area contributed by atoms with Gasteiger partial charge < -0.3 is 9.64 Å². The fourth-order valence-electron chi connectivity index (χ4n) is 3.45. The third kappa shape index (κ3) is 3.20. The molecule has 1 heterocycles. The Bertz CT molecular complexity index is 832. The van der Waals surface area contributed by atoms with E-state index in [9.17, 15) is 0 Å². The van der Waals surface area contributed by atoms with Gasteiger partial charge in [-0.05, 0) is 51.3 Å². The molecule has 0 bridgehead atoms. The van der Waals surface area contributed by atoms with Crippen LogP contribution in [0.4, 0.5) is 0 Å². The van der Waals surface area contributed by atoms with Gasteiger partial charge in [0.2, 0.25) is 0 Å². The lowest BCUT2D eigenvalue weighted by Gasteiger charge is -2.26. The molecule has 26 heavy (non-hydrogen) atoms. The molecule has 5 heteroatoms. The van der Waals surface area contributed by atoms with E-state index in [1.54, 1.807) is 0 Å². The maximum Gasteiger partial charge on any atom is 0.162 e. The number of para-hydroxylation sites is 1.